The molecule has 0 amide bonds. The molecule has 0 radical (unpaired) electrons. The summed E-state index contributed by atoms with van der Waals surface area (Å²) in [6, 6.07) is 9.72. The smallest absolute Gasteiger partial charge is 0.184 e. The van der Waals surface area contributed by atoms with Crippen LogP contribution in [0.1, 0.15) is 10.4 Å². The Morgan fingerprint density at radius 1 is 1.21 bits per heavy atom. The Morgan fingerprint density at radius 2 is 2.04 bits per heavy atom. The van der Waals surface area contributed by atoms with Gasteiger partial charge in [-0.15, -0.1) is 0 Å². The molecule has 24 heavy (non-hydrogen) atoms. The molecule has 0 saturated carbocycles. The fourth-order valence-electron chi connectivity index (χ4n) is 2.21. The molecule has 5 nitrogen and oxygen atoms in total. The van der Waals surface area contributed by atoms with Crippen molar-refractivity contribution in [1.82, 2.24) is 4.98 Å². The number of carbonyl (C=O) groups excluding carboxylic acids is 1. The maximum atomic E-state index is 13.7. The summed E-state index contributed by atoms with van der Waals surface area (Å²) < 4.78 is 24.6. The first-order chi connectivity index (χ1) is 11.6. The van der Waals surface area contributed by atoms with Gasteiger partial charge in [-0.25, -0.2) is 9.37 Å². The summed E-state index contributed by atoms with van der Waals surface area (Å²) in [6.45, 7) is 0.0305. The van der Waals surface area contributed by atoms with E-state index in [4.69, 9.17) is 9.47 Å². The van der Waals surface area contributed by atoms with Crippen molar-refractivity contribution in [2.75, 3.05) is 26.1 Å². The minimum atomic E-state index is -0.560. The molecular weight excluding hydrogens is 331 g/mol. The molecule has 0 aliphatic carbocycles. The molecule has 2 aromatic carbocycles. The minimum Gasteiger partial charge on any atom is -0.497 e. The van der Waals surface area contributed by atoms with Crippen molar-refractivity contribution in [1.29, 1.82) is 0 Å². The van der Waals surface area contributed by atoms with Crippen molar-refractivity contribution in [3.8, 4) is 11.5 Å². The van der Waals surface area contributed by atoms with Crippen LogP contribution >= 0.6 is 11.3 Å². The fourth-order valence-corrected chi connectivity index (χ4v) is 3.10. The minimum absolute atomic E-state index is 0.0305. The second-order valence-electron chi connectivity index (χ2n) is 4.98. The van der Waals surface area contributed by atoms with Crippen LogP contribution in [-0.4, -0.2) is 31.5 Å². The number of nitrogens with one attached hydrogen (secondary N) is 1. The third-order valence-electron chi connectivity index (χ3n) is 3.47. The van der Waals surface area contributed by atoms with Gasteiger partial charge in [0, 0.05) is 5.56 Å². The van der Waals surface area contributed by atoms with E-state index in [9.17, 15) is 9.18 Å². The molecule has 0 bridgehead atoms. The zero-order valence-corrected chi connectivity index (χ0v) is 13.9. The highest BCUT2D eigenvalue weighted by atomic mass is 32.1. The van der Waals surface area contributed by atoms with Crippen molar-refractivity contribution in [2.45, 2.75) is 0 Å². The Morgan fingerprint density at radius 3 is 2.75 bits per heavy atom. The zero-order valence-electron chi connectivity index (χ0n) is 13.1. The predicted molar refractivity (Wildman–Crippen MR) is 91.9 cm³/mol. The highest BCUT2D eigenvalue weighted by molar-refractivity contribution is 7.22. The Balaban J connectivity index is 1.70. The van der Waals surface area contributed by atoms with Gasteiger partial charge in [-0.1, -0.05) is 11.3 Å². The predicted octanol–water partition coefficient (Wildman–Crippen LogP) is 3.75. The number of hydrogen-bond donors (Lipinski definition) is 1. The molecule has 1 aromatic heterocycles. The summed E-state index contributed by atoms with van der Waals surface area (Å²) in [5.41, 5.74) is 1.11. The van der Waals surface area contributed by atoms with Gasteiger partial charge in [0.25, 0.3) is 0 Å². The van der Waals surface area contributed by atoms with E-state index in [1.54, 1.807) is 7.11 Å². The van der Waals surface area contributed by atoms with E-state index in [1.807, 2.05) is 18.2 Å². The van der Waals surface area contributed by atoms with Gasteiger partial charge in [0.15, 0.2) is 22.5 Å². The largest absolute Gasteiger partial charge is 0.497 e. The fraction of sp³-hybridized carbons (Fsp3) is 0.176. The second-order valence-corrected chi connectivity index (χ2v) is 6.01. The van der Waals surface area contributed by atoms with Gasteiger partial charge in [0.1, 0.15) is 5.75 Å². The molecule has 1 N–H and O–H groups in total. The molecule has 1 heterocycles. The van der Waals surface area contributed by atoms with Crippen LogP contribution in [0.25, 0.3) is 10.2 Å². The van der Waals surface area contributed by atoms with Crippen molar-refractivity contribution in [2.24, 2.45) is 0 Å². The third-order valence-corrected chi connectivity index (χ3v) is 4.45. The Kier molecular flexibility index (Phi) is 4.61. The summed E-state index contributed by atoms with van der Waals surface area (Å²) in [4.78, 5) is 16.6. The Hall–Kier alpha value is -2.67. The van der Waals surface area contributed by atoms with Gasteiger partial charge in [-0.2, -0.15) is 0 Å². The topological polar surface area (TPSA) is 60.5 Å². The first-order valence-electron chi connectivity index (χ1n) is 7.16. The van der Waals surface area contributed by atoms with Crippen LogP contribution in [0, 0.1) is 5.82 Å². The van der Waals surface area contributed by atoms with E-state index in [1.165, 1.54) is 36.6 Å². The lowest BCUT2D eigenvalue weighted by Gasteiger charge is -2.05. The highest BCUT2D eigenvalue weighted by Gasteiger charge is 2.11. The number of aromatic nitrogens is 1. The number of carbonyl (C=O) groups is 1. The van der Waals surface area contributed by atoms with Crippen molar-refractivity contribution < 1.29 is 18.7 Å². The lowest BCUT2D eigenvalue weighted by atomic mass is 10.1. The van der Waals surface area contributed by atoms with Crippen LogP contribution in [0.5, 0.6) is 11.5 Å². The van der Waals surface area contributed by atoms with E-state index in [-0.39, 0.29) is 23.6 Å². The number of methoxy groups -OCH3 is 2. The quantitative estimate of drug-likeness (QED) is 0.689. The van der Waals surface area contributed by atoms with Crippen LogP contribution < -0.4 is 14.8 Å². The van der Waals surface area contributed by atoms with Crippen LogP contribution in [0.4, 0.5) is 9.52 Å². The van der Waals surface area contributed by atoms with Gasteiger partial charge in [-0.3, -0.25) is 4.79 Å². The average Bonchev–Trinajstić information content (AvgIpc) is 3.01. The lowest BCUT2D eigenvalue weighted by Crippen LogP contribution is -2.14. The molecule has 0 spiro atoms. The Bertz CT molecular complexity index is 895. The molecule has 124 valence electrons. The number of Topliss-reactive ketones (excluding diaryl/α,β-unsaturated/α-hetero) is 1. The average molecular weight is 346 g/mol. The molecule has 0 unspecified atom stereocenters. The number of halogens is 1. The van der Waals surface area contributed by atoms with E-state index < -0.39 is 5.82 Å². The molecule has 3 rings (SSSR count). The number of fused-ring (bicyclic) bond motifs is 1. The summed E-state index contributed by atoms with van der Waals surface area (Å²) in [6.07, 6.45) is 0. The maximum Gasteiger partial charge on any atom is 0.184 e. The SMILES string of the molecule is COc1ccc2nc(NCC(=O)c3ccc(OC)c(F)c3)sc2c1. The molecule has 3 aromatic rings. The first-order valence-corrected chi connectivity index (χ1v) is 7.97. The number of anilines is 1. The van der Waals surface area contributed by atoms with Gasteiger partial charge >= 0.3 is 0 Å². The summed E-state index contributed by atoms with van der Waals surface area (Å²) in [5, 5.41) is 3.61. The normalized spacial score (nSPS) is 10.6. The number of rotatable bonds is 6. The van der Waals surface area contributed by atoms with E-state index in [0.29, 0.717) is 5.13 Å². The molecule has 0 atom stereocenters. The second kappa shape index (κ2) is 6.84. The molecule has 0 fully saturated rings. The van der Waals surface area contributed by atoms with Crippen molar-refractivity contribution in [3.63, 3.8) is 0 Å². The van der Waals surface area contributed by atoms with Crippen LogP contribution in [0.2, 0.25) is 0 Å². The first kappa shape index (κ1) is 16.2. The third kappa shape index (κ3) is 3.30. The number of hydrogen-bond acceptors (Lipinski definition) is 6. The molecular formula is C17H15FN2O3S. The molecule has 0 saturated heterocycles. The number of ether oxygens (including phenoxy) is 2. The zero-order chi connectivity index (χ0) is 17.1. The molecule has 0 aliphatic rings. The Labute approximate surface area is 142 Å². The van der Waals surface area contributed by atoms with Gasteiger partial charge in [0.2, 0.25) is 0 Å². The lowest BCUT2D eigenvalue weighted by molar-refractivity contribution is 0.101. The maximum absolute atomic E-state index is 13.7. The highest BCUT2D eigenvalue weighted by Crippen LogP contribution is 2.29. The van der Waals surface area contributed by atoms with Crippen LogP contribution in [0.3, 0.4) is 0 Å². The molecule has 0 aliphatic heterocycles. The standard InChI is InChI=1S/C17H15FN2O3S/c1-22-11-4-5-13-16(8-11)24-17(20-13)19-9-14(21)10-3-6-15(23-2)12(18)7-10/h3-8H,9H2,1-2H3,(H,19,20). The monoisotopic (exact) mass is 346 g/mol. The number of benzene rings is 2. The summed E-state index contributed by atoms with van der Waals surface area (Å²) >= 11 is 1.42. The summed E-state index contributed by atoms with van der Waals surface area (Å²) in [5.74, 6) is 0.0749. The van der Waals surface area contributed by atoms with Crippen LogP contribution in [-0.2, 0) is 0 Å². The molecule has 7 heteroatoms. The van der Waals surface area contributed by atoms with Crippen molar-refractivity contribution in [3.05, 3.63) is 47.8 Å². The van der Waals surface area contributed by atoms with E-state index >= 15 is 0 Å². The number of thiazole rings is 1. The van der Waals surface area contributed by atoms with Gasteiger partial charge < -0.3 is 14.8 Å². The number of nitrogens with zero attached hydrogens (tertiary/aromatic N) is 1. The van der Waals surface area contributed by atoms with Gasteiger partial charge in [-0.05, 0) is 36.4 Å². The van der Waals surface area contributed by atoms with Crippen molar-refractivity contribution >= 4 is 32.5 Å². The van der Waals surface area contributed by atoms with Crippen LogP contribution in [0.15, 0.2) is 36.4 Å². The number of ketones is 1. The van der Waals surface area contributed by atoms with E-state index in [2.05, 4.69) is 10.3 Å². The van der Waals surface area contributed by atoms with E-state index in [0.717, 1.165) is 16.0 Å². The van der Waals surface area contributed by atoms with Gasteiger partial charge in [0.05, 0.1) is 31.0 Å². The summed E-state index contributed by atoms with van der Waals surface area (Å²) in [7, 11) is 2.98.